The highest BCUT2D eigenvalue weighted by molar-refractivity contribution is 7.17. The summed E-state index contributed by atoms with van der Waals surface area (Å²) in [5.74, 6) is 0.237. The molecule has 2 atom stereocenters. The summed E-state index contributed by atoms with van der Waals surface area (Å²) < 4.78 is 0. The fraction of sp³-hybridized carbons (Fsp3) is 0.450. The van der Waals surface area contributed by atoms with E-state index in [1.807, 2.05) is 0 Å². The van der Waals surface area contributed by atoms with Crippen molar-refractivity contribution in [1.29, 1.82) is 0 Å². The van der Waals surface area contributed by atoms with Crippen LogP contribution in [0.25, 0.3) is 10.4 Å². The third kappa shape index (κ3) is 2.40. The molecule has 0 saturated carbocycles. The Morgan fingerprint density at radius 3 is 2.88 bits per heavy atom. The molecule has 2 bridgehead atoms. The summed E-state index contributed by atoms with van der Waals surface area (Å²) in [4.78, 5) is 17.4. The molecule has 4 heteroatoms. The predicted molar refractivity (Wildman–Crippen MR) is 97.6 cm³/mol. The van der Waals surface area contributed by atoms with Crippen LogP contribution in [-0.4, -0.2) is 36.0 Å². The van der Waals surface area contributed by atoms with E-state index in [-0.39, 0.29) is 5.91 Å². The summed E-state index contributed by atoms with van der Waals surface area (Å²) in [6.45, 7) is 1.76. The van der Waals surface area contributed by atoms with Gasteiger partial charge in [0, 0.05) is 30.1 Å². The van der Waals surface area contributed by atoms with Gasteiger partial charge in [-0.25, -0.2) is 0 Å². The topological polar surface area (TPSA) is 32.3 Å². The molecule has 24 heavy (non-hydrogen) atoms. The number of amides is 1. The fourth-order valence-electron chi connectivity index (χ4n) is 4.46. The molecule has 3 heterocycles. The summed E-state index contributed by atoms with van der Waals surface area (Å²) in [5.41, 5.74) is 4.11. The molecule has 2 aromatic rings. The lowest BCUT2D eigenvalue weighted by molar-refractivity contribution is 0.0753. The van der Waals surface area contributed by atoms with Crippen molar-refractivity contribution in [1.82, 2.24) is 10.2 Å². The van der Waals surface area contributed by atoms with Crippen LogP contribution in [0.2, 0.25) is 0 Å². The van der Waals surface area contributed by atoms with Crippen molar-refractivity contribution < 1.29 is 4.79 Å². The minimum atomic E-state index is 0.237. The first-order valence-electron chi connectivity index (χ1n) is 9.04. The first-order chi connectivity index (χ1) is 11.8. The van der Waals surface area contributed by atoms with Crippen LogP contribution < -0.4 is 5.32 Å². The van der Waals surface area contributed by atoms with Crippen molar-refractivity contribution in [2.45, 2.75) is 44.2 Å². The first kappa shape index (κ1) is 14.7. The number of nitrogens with zero attached hydrogens (tertiary/aromatic N) is 1. The van der Waals surface area contributed by atoms with Gasteiger partial charge in [-0.05, 0) is 54.9 Å². The average Bonchev–Trinajstić information content (AvgIpc) is 3.17. The van der Waals surface area contributed by atoms with Crippen molar-refractivity contribution in [2.24, 2.45) is 0 Å². The molecule has 1 aromatic carbocycles. The summed E-state index contributed by atoms with van der Waals surface area (Å²) in [6, 6.07) is 11.9. The van der Waals surface area contributed by atoms with E-state index in [0.29, 0.717) is 12.1 Å². The van der Waals surface area contributed by atoms with Gasteiger partial charge in [-0.1, -0.05) is 24.3 Å². The zero-order valence-corrected chi connectivity index (χ0v) is 14.6. The molecule has 1 aliphatic carbocycles. The zero-order valence-electron chi connectivity index (χ0n) is 13.8. The highest BCUT2D eigenvalue weighted by atomic mass is 32.1. The van der Waals surface area contributed by atoms with Crippen LogP contribution >= 0.6 is 11.3 Å². The second-order valence-electron chi connectivity index (χ2n) is 7.30. The molecule has 124 valence electrons. The van der Waals surface area contributed by atoms with Crippen LogP contribution in [0.4, 0.5) is 0 Å². The Labute approximate surface area is 146 Å². The van der Waals surface area contributed by atoms with Crippen LogP contribution in [0.1, 0.15) is 40.1 Å². The molecule has 3 aliphatic rings. The number of hydrogen-bond acceptors (Lipinski definition) is 3. The van der Waals surface area contributed by atoms with Crippen LogP contribution in [0.3, 0.4) is 0 Å². The van der Waals surface area contributed by atoms with Gasteiger partial charge in [0.15, 0.2) is 0 Å². The van der Waals surface area contributed by atoms with Gasteiger partial charge < -0.3 is 10.2 Å². The maximum absolute atomic E-state index is 13.1. The Morgan fingerprint density at radius 2 is 1.92 bits per heavy atom. The molecule has 2 fully saturated rings. The zero-order chi connectivity index (χ0) is 16.1. The number of fused-ring (bicyclic) bond motifs is 5. The van der Waals surface area contributed by atoms with Crippen molar-refractivity contribution in [3.8, 4) is 10.4 Å². The SMILES string of the molecule is O=C(c1cc2c(s1)-c1ccccc1CC2)N1CCC2CCC(C1)N2. The molecule has 2 aliphatic heterocycles. The van der Waals surface area contributed by atoms with Gasteiger partial charge in [-0.15, -0.1) is 11.3 Å². The highest BCUT2D eigenvalue weighted by Crippen LogP contribution is 2.40. The molecule has 1 amide bonds. The van der Waals surface area contributed by atoms with Gasteiger partial charge in [-0.3, -0.25) is 4.79 Å². The van der Waals surface area contributed by atoms with Crippen LogP contribution in [0, 0.1) is 0 Å². The van der Waals surface area contributed by atoms with E-state index in [9.17, 15) is 4.79 Å². The predicted octanol–water partition coefficient (Wildman–Crippen LogP) is 3.48. The molecular weight excluding hydrogens is 316 g/mol. The minimum Gasteiger partial charge on any atom is -0.336 e. The van der Waals surface area contributed by atoms with E-state index in [2.05, 4.69) is 40.5 Å². The summed E-state index contributed by atoms with van der Waals surface area (Å²) in [6.07, 6.45) is 5.73. The Bertz CT molecular complexity index is 797. The number of hydrogen-bond donors (Lipinski definition) is 1. The van der Waals surface area contributed by atoms with Gasteiger partial charge in [0.1, 0.15) is 0 Å². The third-order valence-electron chi connectivity index (χ3n) is 5.76. The maximum Gasteiger partial charge on any atom is 0.264 e. The highest BCUT2D eigenvalue weighted by Gasteiger charge is 2.32. The number of nitrogens with one attached hydrogen (secondary N) is 1. The van der Waals surface area contributed by atoms with E-state index >= 15 is 0 Å². The lowest BCUT2D eigenvalue weighted by Gasteiger charge is -2.23. The Hall–Kier alpha value is -1.65. The van der Waals surface area contributed by atoms with Crippen LogP contribution in [0.5, 0.6) is 0 Å². The smallest absolute Gasteiger partial charge is 0.264 e. The van der Waals surface area contributed by atoms with E-state index in [0.717, 1.165) is 37.2 Å². The molecule has 2 unspecified atom stereocenters. The standard InChI is InChI=1S/C20H22N2OS/c23-20(22-10-9-15-7-8-16(12-22)21-15)18-11-14-6-5-13-3-1-2-4-17(13)19(14)24-18/h1-4,11,15-16,21H,5-10,12H2. The van der Waals surface area contributed by atoms with Crippen LogP contribution in [0.15, 0.2) is 30.3 Å². The van der Waals surface area contributed by atoms with Crippen molar-refractivity contribution in [2.75, 3.05) is 13.1 Å². The maximum atomic E-state index is 13.1. The molecular formula is C20H22N2OS. The number of aryl methyl sites for hydroxylation is 2. The van der Waals surface area contributed by atoms with E-state index < -0.39 is 0 Å². The number of carbonyl (C=O) groups excluding carboxylic acids is 1. The molecule has 1 aromatic heterocycles. The largest absolute Gasteiger partial charge is 0.336 e. The quantitative estimate of drug-likeness (QED) is 0.863. The Kier molecular flexibility index (Phi) is 3.49. The number of benzene rings is 1. The molecule has 1 N–H and O–H groups in total. The van der Waals surface area contributed by atoms with Gasteiger partial charge in [0.2, 0.25) is 0 Å². The van der Waals surface area contributed by atoms with E-state index in [1.165, 1.54) is 34.4 Å². The minimum absolute atomic E-state index is 0.237. The Morgan fingerprint density at radius 1 is 1.08 bits per heavy atom. The lowest BCUT2D eigenvalue weighted by Crippen LogP contribution is -2.38. The van der Waals surface area contributed by atoms with E-state index in [1.54, 1.807) is 11.3 Å². The van der Waals surface area contributed by atoms with Crippen molar-refractivity contribution in [3.63, 3.8) is 0 Å². The normalized spacial score (nSPS) is 25.1. The molecule has 2 saturated heterocycles. The van der Waals surface area contributed by atoms with Crippen LogP contribution in [-0.2, 0) is 12.8 Å². The average molecular weight is 338 g/mol. The van der Waals surface area contributed by atoms with Crippen molar-refractivity contribution in [3.05, 3.63) is 46.3 Å². The molecule has 0 spiro atoms. The number of likely N-dealkylation sites (tertiary alicyclic amines) is 1. The Balaban J connectivity index is 1.44. The number of rotatable bonds is 1. The first-order valence-corrected chi connectivity index (χ1v) is 9.86. The summed E-state index contributed by atoms with van der Waals surface area (Å²) >= 11 is 1.69. The van der Waals surface area contributed by atoms with Gasteiger partial charge in [0.05, 0.1) is 4.88 Å². The third-order valence-corrected chi connectivity index (χ3v) is 6.95. The second-order valence-corrected chi connectivity index (χ2v) is 8.35. The van der Waals surface area contributed by atoms with Gasteiger partial charge >= 0.3 is 0 Å². The summed E-state index contributed by atoms with van der Waals surface area (Å²) in [5, 5.41) is 3.66. The van der Waals surface area contributed by atoms with Gasteiger partial charge in [0.25, 0.3) is 5.91 Å². The molecule has 0 radical (unpaired) electrons. The number of thiophene rings is 1. The summed E-state index contributed by atoms with van der Waals surface area (Å²) in [7, 11) is 0. The number of carbonyl (C=O) groups is 1. The fourth-order valence-corrected chi connectivity index (χ4v) is 5.70. The van der Waals surface area contributed by atoms with Crippen molar-refractivity contribution >= 4 is 17.2 Å². The molecule has 3 nitrogen and oxygen atoms in total. The monoisotopic (exact) mass is 338 g/mol. The molecule has 5 rings (SSSR count). The lowest BCUT2D eigenvalue weighted by atomic mass is 9.91. The second kappa shape index (κ2) is 5.71. The van der Waals surface area contributed by atoms with Gasteiger partial charge in [-0.2, -0.15) is 0 Å². The van der Waals surface area contributed by atoms with E-state index in [4.69, 9.17) is 0 Å².